The van der Waals surface area contributed by atoms with Crippen molar-refractivity contribution in [2.45, 2.75) is 34.6 Å². The predicted molar refractivity (Wildman–Crippen MR) is 70.1 cm³/mol. The molecule has 4 nitrogen and oxygen atoms in total. The van der Waals surface area contributed by atoms with Crippen LogP contribution < -0.4 is 5.32 Å². The van der Waals surface area contributed by atoms with Gasteiger partial charge in [0.2, 0.25) is 0 Å². The van der Waals surface area contributed by atoms with Crippen LogP contribution in [-0.4, -0.2) is 22.0 Å². The monoisotopic (exact) mass is 255 g/mol. The van der Waals surface area contributed by atoms with E-state index in [1.807, 2.05) is 0 Å². The lowest BCUT2D eigenvalue weighted by atomic mass is 9.85. The first-order valence-electron chi connectivity index (χ1n) is 6.00. The zero-order valence-electron chi connectivity index (χ0n) is 11.2. The molecule has 0 aliphatic carbocycles. The molecule has 0 saturated carbocycles. The van der Waals surface area contributed by atoms with Crippen LogP contribution in [0.5, 0.6) is 0 Å². The average molecular weight is 255 g/mol. The highest BCUT2D eigenvalue weighted by Gasteiger charge is 2.20. The van der Waals surface area contributed by atoms with E-state index in [0.717, 1.165) is 11.5 Å². The highest BCUT2D eigenvalue weighted by Crippen LogP contribution is 2.19. The zero-order chi connectivity index (χ0) is 13.0. The number of aryl methyl sites for hydroxylation is 1. The molecule has 1 N–H and O–H groups in total. The molecule has 0 unspecified atom stereocenters. The molecule has 5 heteroatoms. The molecule has 1 heterocycles. The molecular formula is C12H21N3OS. The van der Waals surface area contributed by atoms with Gasteiger partial charge in [-0.2, -0.15) is 0 Å². The Labute approximate surface area is 107 Å². The number of carbonyl (C=O) groups is 1. The van der Waals surface area contributed by atoms with Gasteiger partial charge in [-0.25, -0.2) is 0 Å². The summed E-state index contributed by atoms with van der Waals surface area (Å²) in [6.07, 6.45) is 0. The summed E-state index contributed by atoms with van der Waals surface area (Å²) >= 11 is 1.15. The molecule has 0 spiro atoms. The first-order valence-corrected chi connectivity index (χ1v) is 6.78. The molecule has 0 aliphatic rings. The third-order valence-corrected chi connectivity index (χ3v) is 3.90. The first-order chi connectivity index (χ1) is 7.93. The van der Waals surface area contributed by atoms with Crippen molar-refractivity contribution in [1.29, 1.82) is 0 Å². The summed E-state index contributed by atoms with van der Waals surface area (Å²) in [5, 5.41) is 6.82. The van der Waals surface area contributed by atoms with E-state index >= 15 is 0 Å². The molecule has 1 amide bonds. The van der Waals surface area contributed by atoms with Crippen molar-refractivity contribution < 1.29 is 4.79 Å². The molecule has 0 aliphatic heterocycles. The van der Waals surface area contributed by atoms with Crippen molar-refractivity contribution in [3.05, 3.63) is 10.6 Å². The molecular weight excluding hydrogens is 234 g/mol. The summed E-state index contributed by atoms with van der Waals surface area (Å²) in [6.45, 7) is 11.3. The van der Waals surface area contributed by atoms with Crippen molar-refractivity contribution in [3.8, 4) is 0 Å². The minimum Gasteiger partial charge on any atom is -0.351 e. The van der Waals surface area contributed by atoms with Crippen molar-refractivity contribution in [2.75, 3.05) is 6.54 Å². The molecule has 0 fully saturated rings. The highest BCUT2D eigenvalue weighted by molar-refractivity contribution is 7.07. The average Bonchev–Trinajstić information content (AvgIpc) is 2.63. The predicted octanol–water partition coefficient (Wildman–Crippen LogP) is 2.50. The largest absolute Gasteiger partial charge is 0.351 e. The van der Waals surface area contributed by atoms with Gasteiger partial charge in [0.05, 0.1) is 5.69 Å². The van der Waals surface area contributed by atoms with E-state index in [1.165, 1.54) is 0 Å². The first kappa shape index (κ1) is 14.1. The fraction of sp³-hybridized carbons (Fsp3) is 0.750. The van der Waals surface area contributed by atoms with Crippen LogP contribution in [0.25, 0.3) is 0 Å². The van der Waals surface area contributed by atoms with E-state index in [4.69, 9.17) is 0 Å². The second-order valence-electron chi connectivity index (χ2n) is 5.05. The van der Waals surface area contributed by atoms with Gasteiger partial charge in [0.25, 0.3) is 5.91 Å². The van der Waals surface area contributed by atoms with Gasteiger partial charge in [-0.15, -0.1) is 5.10 Å². The Bertz CT molecular complexity index is 366. The molecule has 17 heavy (non-hydrogen) atoms. The summed E-state index contributed by atoms with van der Waals surface area (Å²) in [6, 6.07) is 0. The smallest absolute Gasteiger partial charge is 0.264 e. The maximum absolute atomic E-state index is 11.9. The Hall–Kier alpha value is -0.970. The topological polar surface area (TPSA) is 54.9 Å². The fourth-order valence-electron chi connectivity index (χ4n) is 1.97. The molecule has 0 bridgehead atoms. The van der Waals surface area contributed by atoms with Crippen LogP contribution in [0.2, 0.25) is 0 Å². The molecule has 0 radical (unpaired) electrons. The maximum Gasteiger partial charge on any atom is 0.264 e. The van der Waals surface area contributed by atoms with Crippen LogP contribution in [0.4, 0.5) is 0 Å². The van der Waals surface area contributed by atoms with Gasteiger partial charge in [-0.3, -0.25) is 4.79 Å². The van der Waals surface area contributed by atoms with E-state index in [1.54, 1.807) is 6.92 Å². The van der Waals surface area contributed by atoms with E-state index in [0.29, 0.717) is 34.9 Å². The van der Waals surface area contributed by atoms with Crippen LogP contribution in [0.1, 0.15) is 43.1 Å². The van der Waals surface area contributed by atoms with Gasteiger partial charge in [0.15, 0.2) is 0 Å². The van der Waals surface area contributed by atoms with E-state index < -0.39 is 0 Å². The summed E-state index contributed by atoms with van der Waals surface area (Å²) in [7, 11) is 0. The third kappa shape index (κ3) is 3.77. The summed E-state index contributed by atoms with van der Waals surface area (Å²) in [5.74, 6) is 1.58. The van der Waals surface area contributed by atoms with Crippen molar-refractivity contribution >= 4 is 17.4 Å². The number of nitrogens with one attached hydrogen (secondary N) is 1. The molecule has 96 valence electrons. The molecule has 0 aromatic carbocycles. The van der Waals surface area contributed by atoms with Gasteiger partial charge in [0.1, 0.15) is 4.88 Å². The third-order valence-electron chi connectivity index (χ3n) is 3.07. The SMILES string of the molecule is Cc1nnsc1C(=O)NCC(C(C)C)C(C)C. The minimum absolute atomic E-state index is 0.0520. The zero-order valence-corrected chi connectivity index (χ0v) is 12.0. The van der Waals surface area contributed by atoms with Crippen LogP contribution in [0.15, 0.2) is 0 Å². The summed E-state index contributed by atoms with van der Waals surface area (Å²) < 4.78 is 3.77. The van der Waals surface area contributed by atoms with E-state index in [-0.39, 0.29) is 5.91 Å². The second-order valence-corrected chi connectivity index (χ2v) is 5.80. The Kier molecular flexibility index (Phi) is 5.05. The minimum atomic E-state index is -0.0520. The summed E-state index contributed by atoms with van der Waals surface area (Å²) in [5.41, 5.74) is 0.707. The van der Waals surface area contributed by atoms with Gasteiger partial charge in [0, 0.05) is 6.54 Å². The Balaban J connectivity index is 2.56. The van der Waals surface area contributed by atoms with Crippen molar-refractivity contribution in [2.24, 2.45) is 17.8 Å². The van der Waals surface area contributed by atoms with E-state index in [9.17, 15) is 4.79 Å². The number of amides is 1. The number of nitrogens with zero attached hydrogens (tertiary/aromatic N) is 2. The lowest BCUT2D eigenvalue weighted by Gasteiger charge is -2.24. The Morgan fingerprint density at radius 1 is 1.29 bits per heavy atom. The van der Waals surface area contributed by atoms with E-state index in [2.05, 4.69) is 42.6 Å². The molecule has 1 aromatic rings. The van der Waals surface area contributed by atoms with Crippen LogP contribution >= 0.6 is 11.5 Å². The Morgan fingerprint density at radius 3 is 2.29 bits per heavy atom. The molecule has 1 aromatic heterocycles. The molecule has 0 atom stereocenters. The van der Waals surface area contributed by atoms with Gasteiger partial charge in [-0.1, -0.05) is 32.2 Å². The maximum atomic E-state index is 11.9. The second kappa shape index (κ2) is 6.10. The number of hydrogen-bond donors (Lipinski definition) is 1. The number of rotatable bonds is 5. The highest BCUT2D eigenvalue weighted by atomic mass is 32.1. The number of hydrogen-bond acceptors (Lipinski definition) is 4. The van der Waals surface area contributed by atoms with Crippen LogP contribution in [0, 0.1) is 24.7 Å². The molecule has 0 saturated heterocycles. The van der Waals surface area contributed by atoms with Crippen LogP contribution in [0.3, 0.4) is 0 Å². The van der Waals surface area contributed by atoms with Crippen LogP contribution in [-0.2, 0) is 0 Å². The Morgan fingerprint density at radius 2 is 1.88 bits per heavy atom. The lowest BCUT2D eigenvalue weighted by Crippen LogP contribution is -2.33. The standard InChI is InChI=1S/C12H21N3OS/c1-7(2)10(8(3)4)6-13-12(16)11-9(5)14-15-17-11/h7-8,10H,6H2,1-5H3,(H,13,16). The van der Waals surface area contributed by atoms with Gasteiger partial charge < -0.3 is 5.32 Å². The van der Waals surface area contributed by atoms with Gasteiger partial charge in [-0.05, 0) is 36.2 Å². The lowest BCUT2D eigenvalue weighted by molar-refractivity contribution is 0.0940. The van der Waals surface area contributed by atoms with Gasteiger partial charge >= 0.3 is 0 Å². The summed E-state index contributed by atoms with van der Waals surface area (Å²) in [4.78, 5) is 12.5. The number of aromatic nitrogens is 2. The quantitative estimate of drug-likeness (QED) is 0.879. The fourth-order valence-corrected chi connectivity index (χ4v) is 2.54. The molecule has 1 rings (SSSR count). The normalized spacial score (nSPS) is 11.5. The number of carbonyl (C=O) groups excluding carboxylic acids is 1. The van der Waals surface area contributed by atoms with Crippen molar-refractivity contribution in [1.82, 2.24) is 14.9 Å². The van der Waals surface area contributed by atoms with Crippen molar-refractivity contribution in [3.63, 3.8) is 0 Å².